The average Bonchev–Trinajstić information content (AvgIpc) is 2.68. The van der Waals surface area contributed by atoms with Gasteiger partial charge in [-0.25, -0.2) is 0 Å². The number of hydrogen-bond donors (Lipinski definition) is 3. The van der Waals surface area contributed by atoms with E-state index in [4.69, 9.17) is 4.74 Å². The highest BCUT2D eigenvalue weighted by atomic mass is 16.5. The molecule has 27 heavy (non-hydrogen) atoms. The van der Waals surface area contributed by atoms with Crippen molar-refractivity contribution in [3.63, 3.8) is 0 Å². The molecule has 0 spiro atoms. The van der Waals surface area contributed by atoms with Crippen molar-refractivity contribution >= 4 is 28.3 Å². The van der Waals surface area contributed by atoms with Crippen LogP contribution < -0.4 is 15.4 Å². The van der Waals surface area contributed by atoms with E-state index in [9.17, 15) is 14.7 Å². The fourth-order valence-corrected chi connectivity index (χ4v) is 2.82. The van der Waals surface area contributed by atoms with Crippen molar-refractivity contribution in [2.45, 2.75) is 13.0 Å². The molecule has 138 valence electrons. The molecule has 3 aromatic carbocycles. The van der Waals surface area contributed by atoms with Crippen molar-refractivity contribution in [3.05, 3.63) is 66.2 Å². The highest BCUT2D eigenvalue weighted by molar-refractivity contribution is 6.40. The first-order chi connectivity index (χ1) is 13.0. The predicted octanol–water partition coefficient (Wildman–Crippen LogP) is 3.37. The maximum Gasteiger partial charge on any atom is 0.313 e. The minimum absolute atomic E-state index is 0.112. The van der Waals surface area contributed by atoms with Crippen LogP contribution in [0.15, 0.2) is 60.7 Å². The second-order valence-corrected chi connectivity index (χ2v) is 6.10. The van der Waals surface area contributed by atoms with Crippen molar-refractivity contribution in [3.8, 4) is 11.5 Å². The lowest BCUT2D eigenvalue weighted by Gasteiger charge is -2.15. The minimum atomic E-state index is -0.772. The SMILES string of the molecule is COc1ccc(C(C)NC(=O)C(=O)Nc2cccc3c(O)cccc23)cc1. The van der Waals surface area contributed by atoms with E-state index in [2.05, 4.69) is 10.6 Å². The predicted molar refractivity (Wildman–Crippen MR) is 104 cm³/mol. The maximum atomic E-state index is 12.3. The van der Waals surface area contributed by atoms with E-state index in [0.29, 0.717) is 22.2 Å². The standard InChI is InChI=1S/C21H20N2O4/c1-13(14-9-11-15(27-2)12-10-14)22-20(25)21(26)23-18-7-3-6-17-16(18)5-4-8-19(17)24/h3-13,24H,1-2H3,(H,22,25)(H,23,26). The van der Waals surface area contributed by atoms with Gasteiger partial charge in [-0.05, 0) is 36.8 Å². The van der Waals surface area contributed by atoms with Crippen LogP contribution in [-0.4, -0.2) is 24.0 Å². The van der Waals surface area contributed by atoms with Crippen LogP contribution in [0, 0.1) is 0 Å². The van der Waals surface area contributed by atoms with Gasteiger partial charge in [-0.3, -0.25) is 9.59 Å². The summed E-state index contributed by atoms with van der Waals surface area (Å²) in [5, 5.41) is 16.5. The molecule has 0 aliphatic heterocycles. The lowest BCUT2D eigenvalue weighted by atomic mass is 10.1. The number of phenolic OH excluding ortho intramolecular Hbond substituents is 1. The monoisotopic (exact) mass is 364 g/mol. The summed E-state index contributed by atoms with van der Waals surface area (Å²) in [6, 6.07) is 17.0. The van der Waals surface area contributed by atoms with Crippen molar-refractivity contribution in [1.82, 2.24) is 5.32 Å². The Morgan fingerprint density at radius 2 is 1.59 bits per heavy atom. The molecule has 0 aliphatic rings. The molecule has 1 atom stereocenters. The lowest BCUT2D eigenvalue weighted by molar-refractivity contribution is -0.136. The number of nitrogens with one attached hydrogen (secondary N) is 2. The Bertz CT molecular complexity index is 983. The molecule has 0 aliphatic carbocycles. The van der Waals surface area contributed by atoms with Gasteiger partial charge in [0.1, 0.15) is 11.5 Å². The number of ether oxygens (including phenoxy) is 1. The van der Waals surface area contributed by atoms with E-state index >= 15 is 0 Å². The molecular formula is C21H20N2O4. The molecule has 3 N–H and O–H groups in total. The summed E-state index contributed by atoms with van der Waals surface area (Å²) in [5.74, 6) is -0.683. The van der Waals surface area contributed by atoms with Gasteiger partial charge in [-0.15, -0.1) is 0 Å². The van der Waals surface area contributed by atoms with Gasteiger partial charge in [0.2, 0.25) is 0 Å². The van der Waals surface area contributed by atoms with E-state index in [-0.39, 0.29) is 11.8 Å². The van der Waals surface area contributed by atoms with Crippen LogP contribution in [-0.2, 0) is 9.59 Å². The maximum absolute atomic E-state index is 12.3. The quantitative estimate of drug-likeness (QED) is 0.620. The number of carbonyl (C=O) groups is 2. The summed E-state index contributed by atoms with van der Waals surface area (Å²) in [6.07, 6.45) is 0. The van der Waals surface area contributed by atoms with Crippen LogP contribution in [0.3, 0.4) is 0 Å². The zero-order chi connectivity index (χ0) is 19.4. The van der Waals surface area contributed by atoms with E-state index in [0.717, 1.165) is 5.56 Å². The number of carbonyl (C=O) groups excluding carboxylic acids is 2. The molecule has 0 saturated heterocycles. The average molecular weight is 364 g/mol. The fraction of sp³-hybridized carbons (Fsp3) is 0.143. The zero-order valence-electron chi connectivity index (χ0n) is 15.0. The molecule has 0 aromatic heterocycles. The Morgan fingerprint density at radius 3 is 2.30 bits per heavy atom. The first-order valence-electron chi connectivity index (χ1n) is 8.46. The molecule has 6 heteroatoms. The molecule has 0 heterocycles. The van der Waals surface area contributed by atoms with Gasteiger partial charge in [0.15, 0.2) is 0 Å². The Balaban J connectivity index is 1.71. The van der Waals surface area contributed by atoms with Crippen molar-refractivity contribution in [2.75, 3.05) is 12.4 Å². The number of fused-ring (bicyclic) bond motifs is 1. The number of benzene rings is 3. The Labute approximate surface area is 156 Å². The van der Waals surface area contributed by atoms with Gasteiger partial charge < -0.3 is 20.5 Å². The fourth-order valence-electron chi connectivity index (χ4n) is 2.82. The number of hydrogen-bond acceptors (Lipinski definition) is 4. The molecule has 0 bridgehead atoms. The van der Waals surface area contributed by atoms with E-state index in [1.54, 1.807) is 62.6 Å². The van der Waals surface area contributed by atoms with E-state index in [1.807, 2.05) is 12.1 Å². The summed E-state index contributed by atoms with van der Waals surface area (Å²) in [6.45, 7) is 1.79. The smallest absolute Gasteiger partial charge is 0.313 e. The number of aromatic hydroxyl groups is 1. The Kier molecular flexibility index (Phi) is 5.26. The second kappa shape index (κ2) is 7.78. The van der Waals surface area contributed by atoms with Gasteiger partial charge in [-0.2, -0.15) is 0 Å². The van der Waals surface area contributed by atoms with Gasteiger partial charge in [0.25, 0.3) is 0 Å². The van der Waals surface area contributed by atoms with Crippen LogP contribution in [0.5, 0.6) is 11.5 Å². The van der Waals surface area contributed by atoms with Gasteiger partial charge >= 0.3 is 11.8 Å². The summed E-state index contributed by atoms with van der Waals surface area (Å²) < 4.78 is 5.11. The third-order valence-electron chi connectivity index (χ3n) is 4.32. The summed E-state index contributed by atoms with van der Waals surface area (Å²) in [4.78, 5) is 24.6. The lowest BCUT2D eigenvalue weighted by Crippen LogP contribution is -2.36. The summed E-state index contributed by atoms with van der Waals surface area (Å²) >= 11 is 0. The van der Waals surface area contributed by atoms with E-state index in [1.165, 1.54) is 0 Å². The van der Waals surface area contributed by atoms with Crippen LogP contribution in [0.25, 0.3) is 10.8 Å². The zero-order valence-corrected chi connectivity index (χ0v) is 15.0. The van der Waals surface area contributed by atoms with Crippen molar-refractivity contribution < 1.29 is 19.4 Å². The third-order valence-corrected chi connectivity index (χ3v) is 4.32. The first-order valence-corrected chi connectivity index (χ1v) is 8.46. The molecule has 6 nitrogen and oxygen atoms in total. The van der Waals surface area contributed by atoms with Crippen molar-refractivity contribution in [2.24, 2.45) is 0 Å². The number of anilines is 1. The first kappa shape index (κ1) is 18.3. The van der Waals surface area contributed by atoms with Gasteiger partial charge in [0, 0.05) is 16.5 Å². The molecule has 3 rings (SSSR count). The summed E-state index contributed by atoms with van der Waals surface area (Å²) in [7, 11) is 1.58. The number of amides is 2. The molecule has 1 unspecified atom stereocenters. The summed E-state index contributed by atoms with van der Waals surface area (Å²) in [5.41, 5.74) is 1.31. The number of phenols is 1. The highest BCUT2D eigenvalue weighted by Gasteiger charge is 2.18. The molecule has 0 saturated carbocycles. The molecule has 0 fully saturated rings. The van der Waals surface area contributed by atoms with Gasteiger partial charge in [0.05, 0.1) is 13.2 Å². The Hall–Kier alpha value is -3.54. The molecular weight excluding hydrogens is 344 g/mol. The van der Waals surface area contributed by atoms with Crippen molar-refractivity contribution in [1.29, 1.82) is 0 Å². The normalized spacial score (nSPS) is 11.6. The van der Waals surface area contributed by atoms with E-state index < -0.39 is 11.8 Å². The van der Waals surface area contributed by atoms with Crippen LogP contribution in [0.4, 0.5) is 5.69 Å². The molecule has 2 amide bonds. The Morgan fingerprint density at radius 1 is 0.926 bits per heavy atom. The molecule has 3 aromatic rings. The number of rotatable bonds is 4. The highest BCUT2D eigenvalue weighted by Crippen LogP contribution is 2.29. The van der Waals surface area contributed by atoms with Crippen LogP contribution >= 0.6 is 0 Å². The topological polar surface area (TPSA) is 87.7 Å². The third kappa shape index (κ3) is 4.00. The van der Waals surface area contributed by atoms with Crippen LogP contribution in [0.2, 0.25) is 0 Å². The largest absolute Gasteiger partial charge is 0.507 e. The second-order valence-electron chi connectivity index (χ2n) is 6.10. The number of methoxy groups -OCH3 is 1. The van der Waals surface area contributed by atoms with Crippen LogP contribution in [0.1, 0.15) is 18.5 Å². The minimum Gasteiger partial charge on any atom is -0.507 e. The molecule has 0 radical (unpaired) electrons. The van der Waals surface area contributed by atoms with Gasteiger partial charge in [-0.1, -0.05) is 36.4 Å².